The first-order chi connectivity index (χ1) is 14.3. The number of carbonyl (C=O) groups excluding carboxylic acids is 1. The Morgan fingerprint density at radius 3 is 2.57 bits per heavy atom. The number of hydrogen-bond donors (Lipinski definition) is 1. The van der Waals surface area contributed by atoms with Crippen molar-refractivity contribution in [2.75, 3.05) is 4.90 Å². The molecular formula is C22H18BrCl2N3OS. The fourth-order valence-corrected chi connectivity index (χ4v) is 6.69. The summed E-state index contributed by atoms with van der Waals surface area (Å²) in [6, 6.07) is 9.43. The molecule has 2 aliphatic rings. The van der Waals surface area contributed by atoms with Gasteiger partial charge in [0, 0.05) is 42.0 Å². The number of nitrogens with two attached hydrogens (primary N) is 1. The van der Waals surface area contributed by atoms with E-state index >= 15 is 0 Å². The zero-order valence-electron chi connectivity index (χ0n) is 16.1. The lowest BCUT2D eigenvalue weighted by Gasteiger charge is -2.39. The Bertz CT molecular complexity index is 1140. The third-order valence-electron chi connectivity index (χ3n) is 5.40. The van der Waals surface area contributed by atoms with Gasteiger partial charge >= 0.3 is 0 Å². The van der Waals surface area contributed by atoms with E-state index in [0.29, 0.717) is 45.5 Å². The topological polar surface area (TPSA) is 70.1 Å². The molecule has 1 aromatic carbocycles. The summed E-state index contributed by atoms with van der Waals surface area (Å²) in [5, 5.41) is 11.0. The van der Waals surface area contributed by atoms with Gasteiger partial charge in [-0.3, -0.25) is 9.69 Å². The number of nitrogens with zero attached hydrogens (tertiary/aromatic N) is 2. The average Bonchev–Trinajstić information content (AvgIpc) is 3.06. The number of halogens is 3. The van der Waals surface area contributed by atoms with Crippen LogP contribution in [-0.4, -0.2) is 5.78 Å². The lowest BCUT2D eigenvalue weighted by Crippen LogP contribution is -2.38. The molecule has 0 radical (unpaired) electrons. The van der Waals surface area contributed by atoms with Gasteiger partial charge in [0.25, 0.3) is 0 Å². The number of Topliss-reactive ketones (excluding diaryl/α,β-unsaturated/α-hetero) is 1. The maximum Gasteiger partial charge on any atom is 0.161 e. The molecule has 2 aromatic rings. The van der Waals surface area contributed by atoms with Crippen molar-refractivity contribution < 1.29 is 4.79 Å². The van der Waals surface area contributed by atoms with Crippen molar-refractivity contribution in [3.8, 4) is 6.07 Å². The number of thiophene rings is 1. The summed E-state index contributed by atoms with van der Waals surface area (Å²) in [6.07, 6.45) is 2.75. The van der Waals surface area contributed by atoms with E-state index < -0.39 is 5.92 Å². The molecule has 0 amide bonds. The third-order valence-corrected chi connectivity index (χ3v) is 8.15. The van der Waals surface area contributed by atoms with Crippen molar-refractivity contribution in [1.82, 2.24) is 0 Å². The average molecular weight is 523 g/mol. The van der Waals surface area contributed by atoms with Gasteiger partial charge in [-0.05, 0) is 59.5 Å². The maximum absolute atomic E-state index is 13.1. The first kappa shape index (κ1) is 21.5. The molecule has 0 saturated heterocycles. The van der Waals surface area contributed by atoms with Crippen LogP contribution in [0.5, 0.6) is 0 Å². The molecule has 8 heteroatoms. The van der Waals surface area contributed by atoms with Gasteiger partial charge in [-0.2, -0.15) is 5.26 Å². The summed E-state index contributed by atoms with van der Waals surface area (Å²) in [5.41, 5.74) is 9.07. The molecule has 1 aromatic heterocycles. The minimum Gasteiger partial charge on any atom is -0.384 e. The van der Waals surface area contributed by atoms with Gasteiger partial charge in [-0.15, -0.1) is 11.3 Å². The summed E-state index contributed by atoms with van der Waals surface area (Å²) in [5.74, 6) is -0.0793. The number of rotatable bonds is 3. The van der Waals surface area contributed by atoms with E-state index in [2.05, 4.69) is 28.9 Å². The summed E-state index contributed by atoms with van der Waals surface area (Å²) in [4.78, 5) is 17.0. The van der Waals surface area contributed by atoms with Gasteiger partial charge in [-0.1, -0.05) is 30.1 Å². The molecule has 0 spiro atoms. The molecule has 1 unspecified atom stereocenters. The highest BCUT2D eigenvalue weighted by molar-refractivity contribution is 9.10. The highest BCUT2D eigenvalue weighted by atomic mass is 79.9. The summed E-state index contributed by atoms with van der Waals surface area (Å²) < 4.78 is 0.996. The quantitative estimate of drug-likeness (QED) is 0.487. The van der Waals surface area contributed by atoms with E-state index in [9.17, 15) is 10.1 Å². The maximum atomic E-state index is 13.1. The van der Waals surface area contributed by atoms with Crippen LogP contribution in [0, 0.1) is 11.3 Å². The van der Waals surface area contributed by atoms with Crippen molar-refractivity contribution in [3.05, 3.63) is 71.2 Å². The van der Waals surface area contributed by atoms with Crippen LogP contribution < -0.4 is 10.6 Å². The molecule has 1 aliphatic carbocycles. The van der Waals surface area contributed by atoms with Crippen LogP contribution in [0.25, 0.3) is 0 Å². The van der Waals surface area contributed by atoms with Gasteiger partial charge in [-0.25, -0.2) is 0 Å². The molecule has 0 bridgehead atoms. The normalized spacial score (nSPS) is 19.2. The lowest BCUT2D eigenvalue weighted by atomic mass is 9.78. The molecule has 1 atom stereocenters. The number of anilines is 1. The number of aryl methyl sites for hydroxylation is 1. The molecule has 2 N–H and O–H groups in total. The first-order valence-corrected chi connectivity index (χ1v) is 11.9. The minimum atomic E-state index is -0.453. The molecule has 0 fully saturated rings. The van der Waals surface area contributed by atoms with Crippen LogP contribution in [0.3, 0.4) is 0 Å². The highest BCUT2D eigenvalue weighted by Gasteiger charge is 2.41. The second kappa shape index (κ2) is 8.39. The molecule has 4 rings (SSSR count). The second-order valence-corrected chi connectivity index (χ2v) is 10.1. The van der Waals surface area contributed by atoms with Crippen molar-refractivity contribution in [2.45, 2.75) is 38.5 Å². The predicted octanol–water partition coefficient (Wildman–Crippen LogP) is 6.68. The third kappa shape index (κ3) is 3.58. The van der Waals surface area contributed by atoms with E-state index in [1.165, 1.54) is 4.88 Å². The van der Waals surface area contributed by atoms with Crippen molar-refractivity contribution >= 4 is 61.9 Å². The van der Waals surface area contributed by atoms with Crippen LogP contribution in [0.4, 0.5) is 5.69 Å². The van der Waals surface area contributed by atoms with E-state index in [1.807, 2.05) is 6.07 Å². The first-order valence-electron chi connectivity index (χ1n) is 9.56. The Morgan fingerprint density at radius 2 is 1.97 bits per heavy atom. The SMILES string of the molecule is CCc1sc(C2C(C#N)=C(N)N(c3cc(Cl)cc(Cl)c3)C3=C2C(=O)CCC3)cc1Br. The van der Waals surface area contributed by atoms with Crippen LogP contribution in [-0.2, 0) is 11.2 Å². The number of hydrogen-bond acceptors (Lipinski definition) is 5. The van der Waals surface area contributed by atoms with E-state index in [1.54, 1.807) is 34.4 Å². The van der Waals surface area contributed by atoms with Gasteiger partial charge in [0.2, 0.25) is 0 Å². The zero-order valence-corrected chi connectivity index (χ0v) is 20.1. The standard InChI is InChI=1S/C22H18BrCl2N3OS/c1-2-18-15(23)9-19(30-18)20-14(10-26)22(27)28(13-7-11(24)6-12(25)8-13)16-4-3-5-17(29)21(16)20/h6-9,20H,2-5,27H2,1H3. The van der Waals surface area contributed by atoms with E-state index in [0.717, 1.165) is 27.9 Å². The summed E-state index contributed by atoms with van der Waals surface area (Å²) >= 11 is 17.7. The summed E-state index contributed by atoms with van der Waals surface area (Å²) in [6.45, 7) is 2.08. The number of carbonyl (C=O) groups is 1. The predicted molar refractivity (Wildman–Crippen MR) is 126 cm³/mol. The lowest BCUT2D eigenvalue weighted by molar-refractivity contribution is -0.116. The molecule has 4 nitrogen and oxygen atoms in total. The van der Waals surface area contributed by atoms with Gasteiger partial charge in [0.1, 0.15) is 5.82 Å². The van der Waals surface area contributed by atoms with E-state index in [-0.39, 0.29) is 5.78 Å². The molecular weight excluding hydrogens is 505 g/mol. The van der Waals surface area contributed by atoms with Crippen LogP contribution in [0.1, 0.15) is 41.9 Å². The van der Waals surface area contributed by atoms with E-state index in [4.69, 9.17) is 28.9 Å². The second-order valence-electron chi connectivity index (χ2n) is 7.22. The van der Waals surface area contributed by atoms with Crippen molar-refractivity contribution in [1.29, 1.82) is 5.26 Å². The molecule has 0 saturated carbocycles. The number of nitriles is 1. The smallest absolute Gasteiger partial charge is 0.161 e. The Kier molecular flexibility index (Phi) is 6.00. The molecule has 154 valence electrons. The Morgan fingerprint density at radius 1 is 1.27 bits per heavy atom. The largest absolute Gasteiger partial charge is 0.384 e. The zero-order chi connectivity index (χ0) is 21.6. The van der Waals surface area contributed by atoms with Gasteiger partial charge in [0.15, 0.2) is 5.78 Å². The van der Waals surface area contributed by atoms with Gasteiger partial charge in [0.05, 0.1) is 23.2 Å². The fraction of sp³-hybridized carbons (Fsp3) is 0.273. The Labute approximate surface area is 197 Å². The van der Waals surface area contributed by atoms with Crippen LogP contribution in [0.2, 0.25) is 10.0 Å². The van der Waals surface area contributed by atoms with Crippen LogP contribution in [0.15, 0.2) is 51.4 Å². The Balaban J connectivity index is 1.97. The summed E-state index contributed by atoms with van der Waals surface area (Å²) in [7, 11) is 0. The minimum absolute atomic E-state index is 0.0576. The highest BCUT2D eigenvalue weighted by Crippen LogP contribution is 2.49. The van der Waals surface area contributed by atoms with Gasteiger partial charge < -0.3 is 5.73 Å². The fourth-order valence-electron chi connectivity index (χ4n) is 4.14. The van der Waals surface area contributed by atoms with Crippen molar-refractivity contribution in [2.24, 2.45) is 5.73 Å². The number of benzene rings is 1. The Hall–Kier alpha value is -1.78. The molecule has 2 heterocycles. The number of ketones is 1. The van der Waals surface area contributed by atoms with Crippen LogP contribution >= 0.6 is 50.5 Å². The van der Waals surface area contributed by atoms with Crippen molar-refractivity contribution in [3.63, 3.8) is 0 Å². The number of allylic oxidation sites excluding steroid dienone is 3. The molecule has 30 heavy (non-hydrogen) atoms. The molecule has 1 aliphatic heterocycles. The monoisotopic (exact) mass is 521 g/mol.